The fraction of sp³-hybridized carbons (Fsp3) is 0.500. The van der Waals surface area contributed by atoms with Crippen LogP contribution >= 0.6 is 0 Å². The highest BCUT2D eigenvalue weighted by molar-refractivity contribution is 5.35. The summed E-state index contributed by atoms with van der Waals surface area (Å²) >= 11 is 0. The van der Waals surface area contributed by atoms with Gasteiger partial charge < -0.3 is 0 Å². The lowest BCUT2D eigenvalue weighted by atomic mass is 9.94. The standard InChI is InChI=1S/C12H15F/c1-8-9(2)12(8,3)10-6-4-5-7-11(10)13/h4-9H,1-3H3. The van der Waals surface area contributed by atoms with Gasteiger partial charge in [-0.1, -0.05) is 39.0 Å². The van der Waals surface area contributed by atoms with E-state index in [0.29, 0.717) is 11.8 Å². The fourth-order valence-electron chi connectivity index (χ4n) is 2.37. The molecule has 2 atom stereocenters. The molecule has 1 aromatic rings. The average molecular weight is 178 g/mol. The minimum absolute atomic E-state index is 0.0544. The maximum atomic E-state index is 13.5. The van der Waals surface area contributed by atoms with Gasteiger partial charge in [0, 0.05) is 5.41 Å². The van der Waals surface area contributed by atoms with E-state index in [1.54, 1.807) is 12.1 Å². The number of hydrogen-bond donors (Lipinski definition) is 0. The summed E-state index contributed by atoms with van der Waals surface area (Å²) in [5.41, 5.74) is 0.959. The highest BCUT2D eigenvalue weighted by Gasteiger charge is 2.57. The molecule has 1 aromatic carbocycles. The Kier molecular flexibility index (Phi) is 1.73. The second kappa shape index (κ2) is 2.57. The average Bonchev–Trinajstić information content (AvgIpc) is 2.59. The van der Waals surface area contributed by atoms with Crippen molar-refractivity contribution in [2.75, 3.05) is 0 Å². The van der Waals surface area contributed by atoms with E-state index in [-0.39, 0.29) is 11.2 Å². The Morgan fingerprint density at radius 3 is 2.15 bits per heavy atom. The SMILES string of the molecule is CC1C(C)C1(C)c1ccccc1F. The van der Waals surface area contributed by atoms with E-state index in [0.717, 1.165) is 5.56 Å². The molecule has 0 radical (unpaired) electrons. The van der Waals surface area contributed by atoms with Crippen molar-refractivity contribution < 1.29 is 4.39 Å². The van der Waals surface area contributed by atoms with Crippen molar-refractivity contribution in [1.29, 1.82) is 0 Å². The molecule has 0 aromatic heterocycles. The van der Waals surface area contributed by atoms with Crippen molar-refractivity contribution in [3.05, 3.63) is 35.6 Å². The van der Waals surface area contributed by atoms with Gasteiger partial charge in [0.1, 0.15) is 5.82 Å². The minimum Gasteiger partial charge on any atom is -0.207 e. The maximum Gasteiger partial charge on any atom is 0.126 e. The van der Waals surface area contributed by atoms with Crippen LogP contribution in [0.2, 0.25) is 0 Å². The van der Waals surface area contributed by atoms with E-state index in [9.17, 15) is 4.39 Å². The van der Waals surface area contributed by atoms with Gasteiger partial charge in [-0.25, -0.2) is 4.39 Å². The number of hydrogen-bond acceptors (Lipinski definition) is 0. The van der Waals surface area contributed by atoms with Crippen molar-refractivity contribution >= 4 is 0 Å². The lowest BCUT2D eigenvalue weighted by Gasteiger charge is -2.11. The molecule has 0 nitrogen and oxygen atoms in total. The molecule has 0 amide bonds. The van der Waals surface area contributed by atoms with Crippen LogP contribution in [0.4, 0.5) is 4.39 Å². The van der Waals surface area contributed by atoms with Gasteiger partial charge in [0.25, 0.3) is 0 Å². The van der Waals surface area contributed by atoms with Crippen LogP contribution in [0.25, 0.3) is 0 Å². The first-order valence-corrected chi connectivity index (χ1v) is 4.83. The van der Waals surface area contributed by atoms with Crippen LogP contribution in [0.3, 0.4) is 0 Å². The second-order valence-electron chi connectivity index (χ2n) is 4.34. The van der Waals surface area contributed by atoms with Crippen molar-refractivity contribution in [2.45, 2.75) is 26.2 Å². The van der Waals surface area contributed by atoms with Crippen molar-refractivity contribution in [3.63, 3.8) is 0 Å². The zero-order valence-corrected chi connectivity index (χ0v) is 8.34. The Morgan fingerprint density at radius 1 is 1.15 bits per heavy atom. The third-order valence-electron chi connectivity index (χ3n) is 3.99. The smallest absolute Gasteiger partial charge is 0.126 e. The third-order valence-corrected chi connectivity index (χ3v) is 3.99. The van der Waals surface area contributed by atoms with Crippen LogP contribution < -0.4 is 0 Å². The van der Waals surface area contributed by atoms with Gasteiger partial charge in [0.15, 0.2) is 0 Å². The van der Waals surface area contributed by atoms with Gasteiger partial charge in [-0.05, 0) is 23.5 Å². The summed E-state index contributed by atoms with van der Waals surface area (Å²) in [6.07, 6.45) is 0. The second-order valence-corrected chi connectivity index (χ2v) is 4.34. The molecule has 1 aliphatic carbocycles. The highest BCUT2D eigenvalue weighted by atomic mass is 19.1. The third kappa shape index (κ3) is 1.03. The molecule has 13 heavy (non-hydrogen) atoms. The van der Waals surface area contributed by atoms with Crippen LogP contribution in [-0.2, 0) is 5.41 Å². The molecule has 1 fully saturated rings. The Labute approximate surface area is 78.8 Å². The summed E-state index contributed by atoms with van der Waals surface area (Å²) < 4.78 is 13.5. The van der Waals surface area contributed by atoms with E-state index >= 15 is 0 Å². The van der Waals surface area contributed by atoms with Crippen molar-refractivity contribution in [3.8, 4) is 0 Å². The molecule has 0 saturated heterocycles. The van der Waals surface area contributed by atoms with Gasteiger partial charge in [-0.2, -0.15) is 0 Å². The van der Waals surface area contributed by atoms with Gasteiger partial charge >= 0.3 is 0 Å². The molecule has 0 spiro atoms. The number of benzene rings is 1. The van der Waals surface area contributed by atoms with Crippen LogP contribution in [0.1, 0.15) is 26.3 Å². The Morgan fingerprint density at radius 2 is 1.69 bits per heavy atom. The van der Waals surface area contributed by atoms with Gasteiger partial charge in [0.05, 0.1) is 0 Å². The van der Waals surface area contributed by atoms with E-state index in [1.807, 2.05) is 12.1 Å². The molecule has 0 N–H and O–H groups in total. The van der Waals surface area contributed by atoms with Crippen LogP contribution in [0.15, 0.2) is 24.3 Å². The largest absolute Gasteiger partial charge is 0.207 e. The Bertz CT molecular complexity index is 322. The normalized spacial score (nSPS) is 37.5. The number of halogens is 1. The summed E-state index contributed by atoms with van der Waals surface area (Å²) in [4.78, 5) is 0. The predicted molar refractivity (Wildman–Crippen MR) is 52.1 cm³/mol. The molecule has 1 saturated carbocycles. The topological polar surface area (TPSA) is 0 Å². The summed E-state index contributed by atoms with van der Waals surface area (Å²) in [7, 11) is 0. The molecule has 70 valence electrons. The first-order valence-electron chi connectivity index (χ1n) is 4.83. The summed E-state index contributed by atoms with van der Waals surface area (Å²) in [6.45, 7) is 6.54. The molecule has 0 heterocycles. The van der Waals surface area contributed by atoms with E-state index in [1.165, 1.54) is 0 Å². The predicted octanol–water partition coefficient (Wildman–Crippen LogP) is 3.37. The van der Waals surface area contributed by atoms with Crippen LogP contribution in [0, 0.1) is 17.7 Å². The molecule has 0 bridgehead atoms. The molecule has 2 rings (SSSR count). The first-order chi connectivity index (χ1) is 6.08. The zero-order valence-electron chi connectivity index (χ0n) is 8.34. The van der Waals surface area contributed by atoms with E-state index < -0.39 is 0 Å². The van der Waals surface area contributed by atoms with Gasteiger partial charge in [-0.3, -0.25) is 0 Å². The molecule has 0 aliphatic heterocycles. The minimum atomic E-state index is -0.0544. The van der Waals surface area contributed by atoms with E-state index in [2.05, 4.69) is 20.8 Å². The Hall–Kier alpha value is -0.850. The molecule has 1 aliphatic rings. The van der Waals surface area contributed by atoms with Gasteiger partial charge in [0.2, 0.25) is 0 Å². The van der Waals surface area contributed by atoms with Crippen LogP contribution in [0.5, 0.6) is 0 Å². The molecular weight excluding hydrogens is 163 g/mol. The molecular formula is C12H15F. The van der Waals surface area contributed by atoms with Crippen molar-refractivity contribution in [2.24, 2.45) is 11.8 Å². The lowest BCUT2D eigenvalue weighted by molar-refractivity contribution is 0.564. The zero-order chi connectivity index (χ0) is 9.64. The Balaban J connectivity index is 2.43. The lowest BCUT2D eigenvalue weighted by Crippen LogP contribution is -2.07. The molecule has 1 heteroatoms. The van der Waals surface area contributed by atoms with Gasteiger partial charge in [-0.15, -0.1) is 0 Å². The maximum absolute atomic E-state index is 13.5. The summed E-state index contributed by atoms with van der Waals surface area (Å²) in [5.74, 6) is 1.15. The quantitative estimate of drug-likeness (QED) is 0.618. The van der Waals surface area contributed by atoms with Crippen LogP contribution in [-0.4, -0.2) is 0 Å². The van der Waals surface area contributed by atoms with Crippen molar-refractivity contribution in [1.82, 2.24) is 0 Å². The monoisotopic (exact) mass is 178 g/mol. The highest BCUT2D eigenvalue weighted by Crippen LogP contribution is 2.59. The first kappa shape index (κ1) is 8.74. The summed E-state index contributed by atoms with van der Waals surface area (Å²) in [6, 6.07) is 7.13. The molecule has 2 unspecified atom stereocenters. The van der Waals surface area contributed by atoms with E-state index in [4.69, 9.17) is 0 Å². The fourth-order valence-corrected chi connectivity index (χ4v) is 2.37. The summed E-state index contributed by atoms with van der Waals surface area (Å²) in [5, 5.41) is 0. The number of rotatable bonds is 1.